The zero-order valence-electron chi connectivity index (χ0n) is 19.5. The van der Waals surface area contributed by atoms with Crippen molar-refractivity contribution in [3.05, 3.63) is 93.8 Å². The lowest BCUT2D eigenvalue weighted by atomic mass is 10.2. The van der Waals surface area contributed by atoms with Crippen LogP contribution in [0, 0.1) is 15.9 Å². The molecule has 194 valence electrons. The smallest absolute Gasteiger partial charge is 0.337 e. The Morgan fingerprint density at radius 2 is 1.70 bits per heavy atom. The Morgan fingerprint density at radius 3 is 2.27 bits per heavy atom. The lowest BCUT2D eigenvalue weighted by Crippen LogP contribution is -2.16. The third-order valence-electron chi connectivity index (χ3n) is 4.36. The van der Waals surface area contributed by atoms with Crippen LogP contribution in [0.2, 0.25) is 0 Å². The summed E-state index contributed by atoms with van der Waals surface area (Å²) in [6, 6.07) is 13.8. The Labute approximate surface area is 211 Å². The van der Waals surface area contributed by atoms with Crippen molar-refractivity contribution >= 4 is 45.7 Å². The average Bonchev–Trinajstić information content (AvgIpc) is 2.85. The van der Waals surface area contributed by atoms with Crippen LogP contribution in [-0.2, 0) is 14.8 Å². The Kier molecular flexibility index (Phi) is 9.77. The van der Waals surface area contributed by atoms with E-state index < -0.39 is 37.3 Å². The van der Waals surface area contributed by atoms with Crippen molar-refractivity contribution in [3.63, 3.8) is 0 Å². The van der Waals surface area contributed by atoms with Crippen LogP contribution in [0.4, 0.5) is 21.5 Å². The number of halogens is 1. The van der Waals surface area contributed by atoms with Crippen LogP contribution in [0.15, 0.2) is 76.7 Å². The molecule has 37 heavy (non-hydrogen) atoms. The summed E-state index contributed by atoms with van der Waals surface area (Å²) in [7, 11) is -0.954. The van der Waals surface area contributed by atoms with Crippen molar-refractivity contribution in [2.75, 3.05) is 24.2 Å². The highest BCUT2D eigenvalue weighted by molar-refractivity contribution is 7.92. The van der Waals surface area contributed by atoms with Gasteiger partial charge in [-0.05, 0) is 42.0 Å². The molecule has 0 saturated heterocycles. The molecule has 0 aliphatic rings. The fourth-order valence-electron chi connectivity index (χ4n) is 2.61. The van der Waals surface area contributed by atoms with Gasteiger partial charge in [0.25, 0.3) is 15.7 Å². The van der Waals surface area contributed by atoms with E-state index in [0.29, 0.717) is 5.56 Å². The molecule has 3 rings (SSSR count). The highest BCUT2D eigenvalue weighted by Gasteiger charge is 2.23. The molecule has 3 N–H and O–H groups in total. The van der Waals surface area contributed by atoms with Gasteiger partial charge in [0.1, 0.15) is 11.5 Å². The number of carbonyl (C=O) groups is 2. The fraction of sp³-hybridized carbons (Fsp3) is 0.0870. The first-order chi connectivity index (χ1) is 17.4. The number of hydrazone groups is 1. The van der Waals surface area contributed by atoms with E-state index in [-0.39, 0.29) is 16.9 Å². The standard InChI is InChI=1S/C20H15FN4O6S.C3H7NO/c21-14-7-5-13(6-8-14)12-22-23-18-10-9-15(11-19(18)25(28)29)32(30,31)24-17-4-2-1-3-16(17)20(26)27;1-4(2)3-5/h1-12,23-24H,(H,26,27);3H,1-2H3/b22-12+;. The van der Waals surface area contributed by atoms with Crippen molar-refractivity contribution in [2.24, 2.45) is 5.10 Å². The number of sulfonamides is 1. The number of para-hydroxylation sites is 1. The van der Waals surface area contributed by atoms with Gasteiger partial charge in [-0.2, -0.15) is 5.10 Å². The summed E-state index contributed by atoms with van der Waals surface area (Å²) in [5.74, 6) is -1.77. The number of nitro benzene ring substituents is 1. The summed E-state index contributed by atoms with van der Waals surface area (Å²) >= 11 is 0. The molecule has 0 spiro atoms. The predicted molar refractivity (Wildman–Crippen MR) is 135 cm³/mol. The number of nitrogens with zero attached hydrogens (tertiary/aromatic N) is 3. The lowest BCUT2D eigenvalue weighted by molar-refractivity contribution is -0.384. The van der Waals surface area contributed by atoms with E-state index in [1.807, 2.05) is 0 Å². The van der Waals surface area contributed by atoms with Crippen molar-refractivity contribution in [1.82, 2.24) is 4.90 Å². The van der Waals surface area contributed by atoms with Crippen LogP contribution in [0.5, 0.6) is 0 Å². The zero-order valence-corrected chi connectivity index (χ0v) is 20.3. The maximum absolute atomic E-state index is 12.9. The predicted octanol–water partition coefficient (Wildman–Crippen LogP) is 3.38. The highest BCUT2D eigenvalue weighted by Crippen LogP contribution is 2.29. The van der Waals surface area contributed by atoms with E-state index in [1.54, 1.807) is 14.1 Å². The summed E-state index contributed by atoms with van der Waals surface area (Å²) < 4.78 is 40.4. The van der Waals surface area contributed by atoms with Gasteiger partial charge in [0.15, 0.2) is 0 Å². The van der Waals surface area contributed by atoms with Crippen molar-refractivity contribution < 1.29 is 32.4 Å². The van der Waals surface area contributed by atoms with Gasteiger partial charge in [0.2, 0.25) is 6.41 Å². The van der Waals surface area contributed by atoms with Gasteiger partial charge in [0.05, 0.1) is 27.3 Å². The van der Waals surface area contributed by atoms with E-state index in [4.69, 9.17) is 0 Å². The van der Waals surface area contributed by atoms with E-state index >= 15 is 0 Å². The van der Waals surface area contributed by atoms with Crippen LogP contribution in [0.1, 0.15) is 15.9 Å². The summed E-state index contributed by atoms with van der Waals surface area (Å²) in [5.41, 5.74) is 1.86. The second-order valence-corrected chi connectivity index (χ2v) is 9.07. The van der Waals surface area contributed by atoms with Crippen LogP contribution in [0.25, 0.3) is 0 Å². The first-order valence-corrected chi connectivity index (χ1v) is 11.7. The first-order valence-electron chi connectivity index (χ1n) is 10.2. The third-order valence-corrected chi connectivity index (χ3v) is 5.72. The number of nitro groups is 1. The minimum atomic E-state index is -4.33. The number of benzene rings is 3. The molecule has 0 atom stereocenters. The van der Waals surface area contributed by atoms with Crippen molar-refractivity contribution in [1.29, 1.82) is 0 Å². The molecule has 0 aliphatic carbocycles. The maximum Gasteiger partial charge on any atom is 0.337 e. The number of aromatic carboxylic acids is 1. The number of nitrogens with one attached hydrogen (secondary N) is 2. The van der Waals surface area contributed by atoms with Crippen LogP contribution in [0.3, 0.4) is 0 Å². The molecule has 1 amide bonds. The average molecular weight is 532 g/mol. The normalized spacial score (nSPS) is 10.7. The van der Waals surface area contributed by atoms with Gasteiger partial charge in [-0.1, -0.05) is 24.3 Å². The zero-order chi connectivity index (χ0) is 27.6. The van der Waals surface area contributed by atoms with Gasteiger partial charge in [-0.25, -0.2) is 17.6 Å². The molecule has 0 saturated carbocycles. The van der Waals surface area contributed by atoms with Gasteiger partial charge in [-0.15, -0.1) is 0 Å². The molecule has 3 aromatic rings. The third kappa shape index (κ3) is 8.40. The number of rotatable bonds is 9. The Morgan fingerprint density at radius 1 is 1.08 bits per heavy atom. The second kappa shape index (κ2) is 12.7. The summed E-state index contributed by atoms with van der Waals surface area (Å²) in [6.07, 6.45) is 2.05. The minimum Gasteiger partial charge on any atom is -0.478 e. The highest BCUT2D eigenvalue weighted by atomic mass is 32.2. The SMILES string of the molecule is CN(C)C=O.O=C(O)c1ccccc1NS(=O)(=O)c1ccc(N/N=C/c2ccc(F)cc2)c([N+](=O)[O-])c1. The topological polar surface area (TPSA) is 171 Å². The Balaban J connectivity index is 0.000000877. The summed E-state index contributed by atoms with van der Waals surface area (Å²) in [6.45, 7) is 0. The van der Waals surface area contributed by atoms with Crippen LogP contribution in [-0.4, -0.2) is 56.0 Å². The maximum atomic E-state index is 12.9. The molecule has 12 nitrogen and oxygen atoms in total. The fourth-order valence-corrected chi connectivity index (χ4v) is 3.71. The monoisotopic (exact) mass is 531 g/mol. The van der Waals surface area contributed by atoms with E-state index in [9.17, 15) is 37.6 Å². The molecule has 0 radical (unpaired) electrons. The Hall–Kier alpha value is -4.85. The molecule has 14 heteroatoms. The molecule has 0 aromatic heterocycles. The van der Waals surface area contributed by atoms with Crippen molar-refractivity contribution in [3.8, 4) is 0 Å². The van der Waals surface area contributed by atoms with E-state index in [1.165, 1.54) is 59.6 Å². The minimum absolute atomic E-state index is 0.0850. The summed E-state index contributed by atoms with van der Waals surface area (Å²) in [5, 5.41) is 24.5. The number of hydrogen-bond donors (Lipinski definition) is 3. The molecule has 0 aliphatic heterocycles. The van der Waals surface area contributed by atoms with Crippen LogP contribution >= 0.6 is 0 Å². The number of carboxylic acids is 1. The molecule has 3 aromatic carbocycles. The van der Waals surface area contributed by atoms with Crippen molar-refractivity contribution in [2.45, 2.75) is 4.90 Å². The molecular formula is C23H22FN5O7S. The Bertz CT molecular complexity index is 1410. The lowest BCUT2D eigenvalue weighted by Gasteiger charge is -2.11. The largest absolute Gasteiger partial charge is 0.478 e. The molecule has 0 heterocycles. The van der Waals surface area contributed by atoms with E-state index in [2.05, 4.69) is 15.2 Å². The number of amides is 1. The molecule has 0 fully saturated rings. The number of carboxylic acid groups (broad SMARTS) is 1. The van der Waals surface area contributed by atoms with Gasteiger partial charge in [0, 0.05) is 20.2 Å². The van der Waals surface area contributed by atoms with Crippen LogP contribution < -0.4 is 10.1 Å². The number of anilines is 2. The molecule has 0 bridgehead atoms. The molecule has 0 unspecified atom stereocenters. The molecular weight excluding hydrogens is 509 g/mol. The van der Waals surface area contributed by atoms with Gasteiger partial charge >= 0.3 is 5.97 Å². The summed E-state index contributed by atoms with van der Waals surface area (Å²) in [4.78, 5) is 32.4. The van der Waals surface area contributed by atoms with Gasteiger partial charge < -0.3 is 10.0 Å². The number of hydrogen-bond acceptors (Lipinski definition) is 8. The first kappa shape index (κ1) is 28.4. The number of carbonyl (C=O) groups excluding carboxylic acids is 1. The quantitative estimate of drug-likeness (QED) is 0.163. The van der Waals surface area contributed by atoms with E-state index in [0.717, 1.165) is 24.6 Å². The van der Waals surface area contributed by atoms with Gasteiger partial charge in [-0.3, -0.25) is 25.1 Å². The second-order valence-electron chi connectivity index (χ2n) is 7.38.